The zero-order valence-corrected chi connectivity index (χ0v) is 16.9. The van der Waals surface area contributed by atoms with Gasteiger partial charge in [0.2, 0.25) is 15.9 Å². The molecule has 2 aromatic rings. The topological polar surface area (TPSA) is 88.6 Å². The number of carbonyl (C=O) groups excluding carboxylic acids is 1. The van der Waals surface area contributed by atoms with Gasteiger partial charge in [0.25, 0.3) is 0 Å². The van der Waals surface area contributed by atoms with Crippen molar-refractivity contribution in [1.82, 2.24) is 9.29 Å². The number of ether oxygens (including phenoxy) is 1. The minimum Gasteiger partial charge on any atom is -0.406 e. The van der Waals surface area contributed by atoms with E-state index in [1.165, 1.54) is 23.5 Å². The largest absolute Gasteiger partial charge is 0.573 e. The number of nitrogens with one attached hydrogen (secondary N) is 1. The number of aromatic nitrogens is 1. The first-order valence-electron chi connectivity index (χ1n) is 8.63. The van der Waals surface area contributed by atoms with Crippen molar-refractivity contribution in [2.75, 3.05) is 18.4 Å². The molecule has 1 fully saturated rings. The quantitative estimate of drug-likeness (QED) is 0.756. The van der Waals surface area contributed by atoms with Crippen LogP contribution in [0.15, 0.2) is 34.5 Å². The Bertz CT molecular complexity index is 984. The number of alkyl halides is 3. The summed E-state index contributed by atoms with van der Waals surface area (Å²) < 4.78 is 67.6. The molecule has 158 valence electrons. The summed E-state index contributed by atoms with van der Waals surface area (Å²) in [6, 6.07) is 4.27. The fourth-order valence-corrected chi connectivity index (χ4v) is 5.15. The second kappa shape index (κ2) is 8.28. The van der Waals surface area contributed by atoms with E-state index in [1.807, 2.05) is 6.92 Å². The van der Waals surface area contributed by atoms with E-state index in [1.54, 1.807) is 5.38 Å². The summed E-state index contributed by atoms with van der Waals surface area (Å²) in [4.78, 5) is 16.2. The zero-order chi connectivity index (χ0) is 21.2. The lowest BCUT2D eigenvalue weighted by atomic mass is 9.97. The number of piperidine rings is 1. The van der Waals surface area contributed by atoms with Crippen LogP contribution in [0.3, 0.4) is 0 Å². The van der Waals surface area contributed by atoms with Gasteiger partial charge >= 0.3 is 6.36 Å². The van der Waals surface area contributed by atoms with E-state index in [2.05, 4.69) is 15.0 Å². The fraction of sp³-hybridized carbons (Fsp3) is 0.412. The monoisotopic (exact) mass is 449 g/mol. The normalized spacial score (nSPS) is 16.6. The first kappa shape index (κ1) is 21.5. The number of benzene rings is 1. The number of rotatable bonds is 5. The second-order valence-corrected chi connectivity index (χ2v) is 9.28. The number of sulfonamides is 1. The lowest BCUT2D eigenvalue weighted by Gasteiger charge is -2.30. The molecule has 1 amide bonds. The Hall–Kier alpha value is -2.18. The number of hydrogen-bond acceptors (Lipinski definition) is 6. The molecule has 0 saturated carbocycles. The summed E-state index contributed by atoms with van der Waals surface area (Å²) in [5.74, 6) is -1.20. The summed E-state index contributed by atoms with van der Waals surface area (Å²) in [6.07, 6.45) is -4.31. The first-order chi connectivity index (χ1) is 13.5. The van der Waals surface area contributed by atoms with Gasteiger partial charge in [0.1, 0.15) is 5.75 Å². The van der Waals surface area contributed by atoms with E-state index in [0.717, 1.165) is 22.1 Å². The van der Waals surface area contributed by atoms with Crippen LogP contribution in [0.25, 0.3) is 0 Å². The van der Waals surface area contributed by atoms with Gasteiger partial charge in [-0.15, -0.1) is 24.5 Å². The predicted molar refractivity (Wildman–Crippen MR) is 100 cm³/mol. The van der Waals surface area contributed by atoms with Crippen molar-refractivity contribution in [1.29, 1.82) is 0 Å². The molecule has 7 nitrogen and oxygen atoms in total. The lowest BCUT2D eigenvalue weighted by molar-refractivity contribution is -0.274. The summed E-state index contributed by atoms with van der Waals surface area (Å²) in [7, 11) is -4.00. The number of carbonyl (C=O) groups is 1. The van der Waals surface area contributed by atoms with Crippen LogP contribution < -0.4 is 10.1 Å². The highest BCUT2D eigenvalue weighted by atomic mass is 32.2. The Balaban J connectivity index is 1.63. The zero-order valence-electron chi connectivity index (χ0n) is 15.3. The molecule has 1 aliphatic heterocycles. The van der Waals surface area contributed by atoms with Crippen LogP contribution in [0.1, 0.15) is 18.5 Å². The lowest BCUT2D eigenvalue weighted by Crippen LogP contribution is -2.41. The van der Waals surface area contributed by atoms with Crippen molar-refractivity contribution >= 4 is 32.4 Å². The van der Waals surface area contributed by atoms with Gasteiger partial charge in [-0.1, -0.05) is 6.07 Å². The number of hydrogen-bond donors (Lipinski definition) is 1. The molecular weight excluding hydrogens is 431 g/mol. The average Bonchev–Trinajstić information content (AvgIpc) is 3.05. The molecule has 0 atom stereocenters. The number of nitrogens with zero attached hydrogens (tertiary/aromatic N) is 2. The molecule has 0 unspecified atom stereocenters. The van der Waals surface area contributed by atoms with Gasteiger partial charge in [-0.2, -0.15) is 4.31 Å². The molecule has 12 heteroatoms. The molecule has 1 aromatic carbocycles. The molecular formula is C17H18F3N3O4S2. The third kappa shape index (κ3) is 5.46. The van der Waals surface area contributed by atoms with Gasteiger partial charge in [-0.05, 0) is 31.9 Å². The average molecular weight is 449 g/mol. The van der Waals surface area contributed by atoms with Crippen LogP contribution in [0, 0.1) is 12.8 Å². The van der Waals surface area contributed by atoms with Crippen molar-refractivity contribution in [3.8, 4) is 5.75 Å². The van der Waals surface area contributed by atoms with E-state index >= 15 is 0 Å². The highest BCUT2D eigenvalue weighted by Gasteiger charge is 2.34. The first-order valence-corrected chi connectivity index (χ1v) is 11.0. The van der Waals surface area contributed by atoms with E-state index in [-0.39, 0.29) is 29.8 Å². The second-order valence-electron chi connectivity index (χ2n) is 6.48. The van der Waals surface area contributed by atoms with Gasteiger partial charge in [0.15, 0.2) is 5.13 Å². The molecule has 1 saturated heterocycles. The Labute approximate surface area is 169 Å². The summed E-state index contributed by atoms with van der Waals surface area (Å²) in [6.45, 7) is 1.98. The Morgan fingerprint density at radius 3 is 2.59 bits per heavy atom. The minimum atomic E-state index is -4.91. The van der Waals surface area contributed by atoms with E-state index in [0.29, 0.717) is 18.0 Å². The van der Waals surface area contributed by atoms with Crippen LogP contribution in [0.2, 0.25) is 0 Å². The summed E-state index contributed by atoms with van der Waals surface area (Å²) in [5.41, 5.74) is 0.794. The standard InChI is InChI=1S/C17H18F3N3O4S2/c1-11-10-28-16(21-11)22-15(24)12-5-7-23(8-6-12)29(25,26)14-4-2-3-13(9-14)27-17(18,19)20/h2-4,9-10,12H,5-8H2,1H3,(H,21,22,24). The van der Waals surface area contributed by atoms with E-state index in [9.17, 15) is 26.4 Å². The minimum absolute atomic E-state index is 0.0850. The predicted octanol–water partition coefficient (Wildman–Crippen LogP) is 3.39. The molecule has 2 heterocycles. The number of anilines is 1. The molecule has 0 aliphatic carbocycles. The van der Waals surface area contributed by atoms with Crippen molar-refractivity contribution in [3.05, 3.63) is 35.3 Å². The molecule has 1 aliphatic rings. The maximum Gasteiger partial charge on any atom is 0.573 e. The smallest absolute Gasteiger partial charge is 0.406 e. The van der Waals surface area contributed by atoms with Crippen molar-refractivity contribution < 1.29 is 31.1 Å². The Kier molecular flexibility index (Phi) is 6.15. The van der Waals surface area contributed by atoms with Crippen molar-refractivity contribution in [2.24, 2.45) is 5.92 Å². The van der Waals surface area contributed by atoms with Crippen LogP contribution in [-0.2, 0) is 14.8 Å². The number of amides is 1. The van der Waals surface area contributed by atoms with Crippen LogP contribution in [0.4, 0.5) is 18.3 Å². The molecule has 0 radical (unpaired) electrons. The van der Waals surface area contributed by atoms with Gasteiger partial charge in [0, 0.05) is 30.5 Å². The molecule has 29 heavy (non-hydrogen) atoms. The SMILES string of the molecule is Cc1csc(NC(=O)C2CCN(S(=O)(=O)c3cccc(OC(F)(F)F)c3)CC2)n1. The molecule has 0 spiro atoms. The van der Waals surface area contributed by atoms with Crippen LogP contribution in [-0.4, -0.2) is 43.1 Å². The van der Waals surface area contributed by atoms with Gasteiger partial charge in [0.05, 0.1) is 10.6 Å². The number of aryl methyl sites for hydroxylation is 1. The van der Waals surface area contributed by atoms with E-state index < -0.39 is 22.1 Å². The van der Waals surface area contributed by atoms with Crippen LogP contribution in [0.5, 0.6) is 5.75 Å². The van der Waals surface area contributed by atoms with Crippen molar-refractivity contribution in [3.63, 3.8) is 0 Å². The van der Waals surface area contributed by atoms with Gasteiger partial charge in [-0.25, -0.2) is 13.4 Å². The fourth-order valence-electron chi connectivity index (χ4n) is 2.96. The Morgan fingerprint density at radius 2 is 2.00 bits per heavy atom. The third-order valence-corrected chi connectivity index (χ3v) is 7.12. The Morgan fingerprint density at radius 1 is 1.31 bits per heavy atom. The summed E-state index contributed by atoms with van der Waals surface area (Å²) >= 11 is 1.31. The molecule has 1 N–H and O–H groups in total. The highest BCUT2D eigenvalue weighted by molar-refractivity contribution is 7.89. The maximum atomic E-state index is 12.8. The molecule has 0 bridgehead atoms. The van der Waals surface area contributed by atoms with Crippen LogP contribution >= 0.6 is 11.3 Å². The summed E-state index contributed by atoms with van der Waals surface area (Å²) in [5, 5.41) is 5.02. The van der Waals surface area contributed by atoms with E-state index in [4.69, 9.17) is 0 Å². The van der Waals surface area contributed by atoms with Crippen molar-refractivity contribution in [2.45, 2.75) is 31.0 Å². The molecule has 3 rings (SSSR count). The maximum absolute atomic E-state index is 12.8. The highest BCUT2D eigenvalue weighted by Crippen LogP contribution is 2.29. The number of thiazole rings is 1. The number of halogens is 3. The van der Waals surface area contributed by atoms with Gasteiger partial charge in [-0.3, -0.25) is 4.79 Å². The third-order valence-electron chi connectivity index (χ3n) is 4.35. The molecule has 1 aromatic heterocycles. The van der Waals surface area contributed by atoms with Gasteiger partial charge < -0.3 is 10.1 Å².